The predicted molar refractivity (Wildman–Crippen MR) is 102 cm³/mol. The summed E-state index contributed by atoms with van der Waals surface area (Å²) in [5.74, 6) is -0.0232. The molecule has 0 radical (unpaired) electrons. The first-order chi connectivity index (χ1) is 12.6. The van der Waals surface area contributed by atoms with Gasteiger partial charge in [-0.1, -0.05) is 18.2 Å². The molecule has 1 fully saturated rings. The fourth-order valence-corrected chi connectivity index (χ4v) is 3.04. The molecule has 0 saturated carbocycles. The van der Waals surface area contributed by atoms with E-state index in [-0.39, 0.29) is 18.1 Å². The molecule has 136 valence electrons. The largest absolute Gasteiger partial charge is 0.373 e. The van der Waals surface area contributed by atoms with Gasteiger partial charge in [-0.25, -0.2) is 0 Å². The Labute approximate surface area is 153 Å². The van der Waals surface area contributed by atoms with E-state index in [1.165, 1.54) is 0 Å². The molecule has 0 aliphatic carbocycles. The Kier molecular flexibility index (Phi) is 6.09. The molecule has 3 rings (SSSR count). The fourth-order valence-electron chi connectivity index (χ4n) is 3.04. The van der Waals surface area contributed by atoms with Crippen LogP contribution >= 0.6 is 0 Å². The van der Waals surface area contributed by atoms with E-state index in [2.05, 4.69) is 20.4 Å². The number of nitrogens with one attached hydrogen (secondary N) is 1. The van der Waals surface area contributed by atoms with Crippen LogP contribution in [0, 0.1) is 0 Å². The highest BCUT2D eigenvalue weighted by atomic mass is 16.5. The highest BCUT2D eigenvalue weighted by Gasteiger charge is 2.23. The molecule has 1 aliphatic rings. The molecule has 0 bridgehead atoms. The molecule has 26 heavy (non-hydrogen) atoms. The van der Waals surface area contributed by atoms with Crippen LogP contribution in [0.3, 0.4) is 0 Å². The van der Waals surface area contributed by atoms with Crippen molar-refractivity contribution in [2.24, 2.45) is 10.2 Å². The third-order valence-corrected chi connectivity index (χ3v) is 4.05. The van der Waals surface area contributed by atoms with Gasteiger partial charge >= 0.3 is 0 Å². The van der Waals surface area contributed by atoms with Crippen molar-refractivity contribution in [1.29, 1.82) is 0 Å². The second-order valence-corrected chi connectivity index (χ2v) is 6.58. The first kappa shape index (κ1) is 18.2. The van der Waals surface area contributed by atoms with E-state index >= 15 is 0 Å². The van der Waals surface area contributed by atoms with Crippen molar-refractivity contribution >= 4 is 23.0 Å². The molecule has 1 N–H and O–H groups in total. The van der Waals surface area contributed by atoms with Gasteiger partial charge in [0, 0.05) is 18.8 Å². The van der Waals surface area contributed by atoms with E-state index in [4.69, 9.17) is 4.74 Å². The second kappa shape index (κ2) is 8.69. The summed E-state index contributed by atoms with van der Waals surface area (Å²) in [5, 5.41) is 11.3. The van der Waals surface area contributed by atoms with Gasteiger partial charge in [-0.3, -0.25) is 9.69 Å². The zero-order valence-corrected chi connectivity index (χ0v) is 15.1. The van der Waals surface area contributed by atoms with Gasteiger partial charge in [0.25, 0.3) is 0 Å². The lowest BCUT2D eigenvalue weighted by Crippen LogP contribution is -2.48. The molecule has 6 heteroatoms. The van der Waals surface area contributed by atoms with Gasteiger partial charge < -0.3 is 10.1 Å². The molecule has 1 heterocycles. The third-order valence-electron chi connectivity index (χ3n) is 4.05. The number of benzene rings is 2. The molecule has 2 aromatic rings. The number of ether oxygens (including phenoxy) is 1. The van der Waals surface area contributed by atoms with Gasteiger partial charge in [0.1, 0.15) is 0 Å². The number of carbonyl (C=O) groups excluding carboxylic acids is 1. The molecule has 1 saturated heterocycles. The molecule has 0 unspecified atom stereocenters. The van der Waals surface area contributed by atoms with Crippen molar-refractivity contribution in [3.05, 3.63) is 54.6 Å². The first-order valence-electron chi connectivity index (χ1n) is 8.83. The monoisotopic (exact) mass is 352 g/mol. The fraction of sp³-hybridized carbons (Fsp3) is 0.350. The van der Waals surface area contributed by atoms with Gasteiger partial charge in [0.05, 0.1) is 30.1 Å². The smallest absolute Gasteiger partial charge is 0.238 e. The van der Waals surface area contributed by atoms with Gasteiger partial charge in [0.15, 0.2) is 0 Å². The topological polar surface area (TPSA) is 66.3 Å². The molecular formula is C20H24N4O2. The standard InChI is InChI=1S/C20H24N4O2/c1-15-12-24(13-16(2)26-15)14-20(25)21-17-8-10-19(11-9-17)23-22-18-6-4-3-5-7-18/h3-11,15-16H,12-14H2,1-2H3,(H,21,25)/t15-,16+. The Morgan fingerprint density at radius 1 is 1.00 bits per heavy atom. The maximum absolute atomic E-state index is 12.3. The quantitative estimate of drug-likeness (QED) is 0.822. The number of hydrogen-bond donors (Lipinski definition) is 1. The van der Waals surface area contributed by atoms with Gasteiger partial charge in [-0.2, -0.15) is 10.2 Å². The third kappa shape index (κ3) is 5.47. The number of hydrogen-bond acceptors (Lipinski definition) is 5. The van der Waals surface area contributed by atoms with Crippen LogP contribution in [0.1, 0.15) is 13.8 Å². The number of anilines is 1. The minimum atomic E-state index is -0.0232. The lowest BCUT2D eigenvalue weighted by molar-refractivity contribution is -0.121. The number of rotatable bonds is 5. The lowest BCUT2D eigenvalue weighted by Gasteiger charge is -2.34. The molecule has 6 nitrogen and oxygen atoms in total. The van der Waals surface area contributed by atoms with E-state index in [0.717, 1.165) is 30.2 Å². The minimum absolute atomic E-state index is 0.0232. The Morgan fingerprint density at radius 3 is 2.19 bits per heavy atom. The Hall–Kier alpha value is -2.57. The van der Waals surface area contributed by atoms with Crippen LogP contribution in [-0.2, 0) is 9.53 Å². The molecule has 1 aliphatic heterocycles. The van der Waals surface area contributed by atoms with Crippen molar-refractivity contribution in [2.45, 2.75) is 26.1 Å². The molecule has 0 spiro atoms. The first-order valence-corrected chi connectivity index (χ1v) is 8.83. The molecule has 1 amide bonds. The summed E-state index contributed by atoms with van der Waals surface area (Å²) in [7, 11) is 0. The predicted octanol–water partition coefficient (Wildman–Crippen LogP) is 4.15. The average molecular weight is 352 g/mol. The Morgan fingerprint density at radius 2 is 1.58 bits per heavy atom. The summed E-state index contributed by atoms with van der Waals surface area (Å²) in [5.41, 5.74) is 2.30. The van der Waals surface area contributed by atoms with Gasteiger partial charge in [-0.15, -0.1) is 0 Å². The SMILES string of the molecule is C[C@@H]1CN(CC(=O)Nc2ccc(N=Nc3ccccc3)cc2)C[C@H](C)O1. The van der Waals surface area contributed by atoms with Crippen molar-refractivity contribution in [3.63, 3.8) is 0 Å². The van der Waals surface area contributed by atoms with Crippen molar-refractivity contribution in [3.8, 4) is 0 Å². The number of carbonyl (C=O) groups is 1. The maximum atomic E-state index is 12.3. The summed E-state index contributed by atoms with van der Waals surface area (Å²) in [6.07, 6.45) is 0.307. The molecule has 2 atom stereocenters. The number of nitrogens with zero attached hydrogens (tertiary/aromatic N) is 3. The lowest BCUT2D eigenvalue weighted by atomic mass is 10.2. The Balaban J connectivity index is 1.52. The highest BCUT2D eigenvalue weighted by molar-refractivity contribution is 5.92. The van der Waals surface area contributed by atoms with Crippen LogP contribution in [0.25, 0.3) is 0 Å². The van der Waals surface area contributed by atoms with Crippen LogP contribution in [0.5, 0.6) is 0 Å². The summed E-state index contributed by atoms with van der Waals surface area (Å²) >= 11 is 0. The van der Waals surface area contributed by atoms with Gasteiger partial charge in [-0.05, 0) is 50.2 Å². The molecule has 0 aromatic heterocycles. The zero-order chi connectivity index (χ0) is 18.4. The summed E-state index contributed by atoms with van der Waals surface area (Å²) < 4.78 is 5.69. The minimum Gasteiger partial charge on any atom is -0.373 e. The number of azo groups is 1. The van der Waals surface area contributed by atoms with Crippen LogP contribution in [0.4, 0.5) is 17.1 Å². The highest BCUT2D eigenvalue weighted by Crippen LogP contribution is 2.20. The Bertz CT molecular complexity index is 736. The van der Waals surface area contributed by atoms with Crippen molar-refractivity contribution < 1.29 is 9.53 Å². The summed E-state index contributed by atoms with van der Waals surface area (Å²) in [6.45, 7) is 5.98. The summed E-state index contributed by atoms with van der Waals surface area (Å²) in [6, 6.07) is 16.9. The maximum Gasteiger partial charge on any atom is 0.238 e. The number of morpholine rings is 1. The van der Waals surface area contributed by atoms with Crippen LogP contribution in [-0.4, -0.2) is 42.6 Å². The van der Waals surface area contributed by atoms with Crippen LogP contribution in [0.2, 0.25) is 0 Å². The van der Waals surface area contributed by atoms with Crippen molar-refractivity contribution in [1.82, 2.24) is 4.90 Å². The average Bonchev–Trinajstić information content (AvgIpc) is 2.61. The second-order valence-electron chi connectivity index (χ2n) is 6.58. The van der Waals surface area contributed by atoms with E-state index in [9.17, 15) is 4.79 Å². The van der Waals surface area contributed by atoms with E-state index < -0.39 is 0 Å². The normalized spacial score (nSPS) is 21.0. The summed E-state index contributed by atoms with van der Waals surface area (Å²) in [4.78, 5) is 14.4. The zero-order valence-electron chi connectivity index (χ0n) is 15.1. The van der Waals surface area contributed by atoms with E-state index in [0.29, 0.717) is 6.54 Å². The molecular weight excluding hydrogens is 328 g/mol. The number of amides is 1. The van der Waals surface area contributed by atoms with Crippen molar-refractivity contribution in [2.75, 3.05) is 25.0 Å². The molecule has 2 aromatic carbocycles. The van der Waals surface area contributed by atoms with Crippen LogP contribution in [0.15, 0.2) is 64.8 Å². The van der Waals surface area contributed by atoms with E-state index in [1.54, 1.807) is 0 Å². The van der Waals surface area contributed by atoms with E-state index in [1.807, 2.05) is 68.4 Å². The van der Waals surface area contributed by atoms with Gasteiger partial charge in [0.2, 0.25) is 5.91 Å². The van der Waals surface area contributed by atoms with Crippen LogP contribution < -0.4 is 5.32 Å².